The van der Waals surface area contributed by atoms with Crippen molar-refractivity contribution < 1.29 is 9.32 Å². The van der Waals surface area contributed by atoms with Crippen molar-refractivity contribution in [3.8, 4) is 11.3 Å². The van der Waals surface area contributed by atoms with Gasteiger partial charge in [-0.15, -0.1) is 0 Å². The summed E-state index contributed by atoms with van der Waals surface area (Å²) in [6, 6.07) is 22.8. The molecule has 2 aromatic heterocycles. The molecule has 0 fully saturated rings. The van der Waals surface area contributed by atoms with Gasteiger partial charge >= 0.3 is 0 Å². The Hall–Kier alpha value is -3.47. The second-order valence-corrected chi connectivity index (χ2v) is 5.62. The first-order valence-corrected chi connectivity index (χ1v) is 7.94. The molecule has 0 atom stereocenters. The number of fused-ring (bicyclic) bond motifs is 1. The van der Waals surface area contributed by atoms with Crippen LogP contribution in [0.1, 0.15) is 16.2 Å². The molecule has 4 aromatic rings. The first kappa shape index (κ1) is 15.1. The molecule has 0 aliphatic heterocycles. The largest absolute Gasteiger partial charge is 0.356 e. The number of pyridine rings is 1. The summed E-state index contributed by atoms with van der Waals surface area (Å²) >= 11 is 0. The molecule has 4 rings (SSSR count). The van der Waals surface area contributed by atoms with Gasteiger partial charge in [0.1, 0.15) is 11.4 Å². The van der Waals surface area contributed by atoms with E-state index in [4.69, 9.17) is 4.52 Å². The third-order valence-corrected chi connectivity index (χ3v) is 3.88. The molecular formula is C20H15N3O2. The van der Waals surface area contributed by atoms with Crippen LogP contribution in [0.5, 0.6) is 0 Å². The zero-order valence-corrected chi connectivity index (χ0v) is 13.3. The Morgan fingerprint density at radius 1 is 0.960 bits per heavy atom. The van der Waals surface area contributed by atoms with E-state index in [1.807, 2.05) is 66.7 Å². The minimum Gasteiger partial charge on any atom is -0.356 e. The molecule has 2 heterocycles. The molecule has 0 saturated carbocycles. The molecule has 0 radical (unpaired) electrons. The van der Waals surface area contributed by atoms with Gasteiger partial charge in [-0.3, -0.25) is 4.79 Å². The van der Waals surface area contributed by atoms with E-state index in [1.165, 1.54) is 0 Å². The lowest BCUT2D eigenvalue weighted by Gasteiger charge is -2.03. The van der Waals surface area contributed by atoms with Crippen molar-refractivity contribution in [3.63, 3.8) is 0 Å². The van der Waals surface area contributed by atoms with Crippen molar-refractivity contribution in [3.05, 3.63) is 84.2 Å². The number of nitrogens with one attached hydrogen (secondary N) is 1. The second-order valence-electron chi connectivity index (χ2n) is 5.62. The molecule has 0 unspecified atom stereocenters. The number of carbonyl (C=O) groups is 1. The molecule has 0 saturated heterocycles. The predicted octanol–water partition coefficient (Wildman–Crippen LogP) is 3.82. The van der Waals surface area contributed by atoms with E-state index in [9.17, 15) is 4.79 Å². The van der Waals surface area contributed by atoms with Crippen LogP contribution in [-0.2, 0) is 6.54 Å². The summed E-state index contributed by atoms with van der Waals surface area (Å²) in [5.74, 6) is 0.434. The van der Waals surface area contributed by atoms with Crippen LogP contribution in [0.3, 0.4) is 0 Å². The van der Waals surface area contributed by atoms with Gasteiger partial charge in [-0.05, 0) is 12.1 Å². The van der Waals surface area contributed by atoms with Gasteiger partial charge in [-0.25, -0.2) is 4.98 Å². The molecule has 1 N–H and O–H groups in total. The fourth-order valence-corrected chi connectivity index (χ4v) is 2.59. The summed E-state index contributed by atoms with van der Waals surface area (Å²) in [6.07, 6.45) is 0. The zero-order chi connectivity index (χ0) is 17.1. The second kappa shape index (κ2) is 6.57. The van der Waals surface area contributed by atoms with Gasteiger partial charge in [0.2, 0.25) is 0 Å². The number of carbonyl (C=O) groups excluding carboxylic acids is 1. The summed E-state index contributed by atoms with van der Waals surface area (Å²) in [7, 11) is 0. The van der Waals surface area contributed by atoms with Crippen molar-refractivity contribution in [1.29, 1.82) is 0 Å². The Kier molecular flexibility index (Phi) is 3.96. The molecule has 122 valence electrons. The third-order valence-electron chi connectivity index (χ3n) is 3.88. The van der Waals surface area contributed by atoms with E-state index in [1.54, 1.807) is 6.07 Å². The Morgan fingerprint density at radius 3 is 2.64 bits per heavy atom. The molecule has 0 bridgehead atoms. The number of hydrogen-bond donors (Lipinski definition) is 1. The van der Waals surface area contributed by atoms with Crippen LogP contribution in [0.15, 0.2) is 77.3 Å². The smallest absolute Gasteiger partial charge is 0.270 e. The van der Waals surface area contributed by atoms with Crippen molar-refractivity contribution >= 4 is 16.8 Å². The molecular weight excluding hydrogens is 314 g/mol. The highest BCUT2D eigenvalue weighted by molar-refractivity contribution is 5.94. The van der Waals surface area contributed by atoms with Crippen LogP contribution in [-0.4, -0.2) is 16.0 Å². The van der Waals surface area contributed by atoms with E-state index in [-0.39, 0.29) is 12.5 Å². The van der Waals surface area contributed by atoms with Crippen molar-refractivity contribution in [2.24, 2.45) is 0 Å². The third kappa shape index (κ3) is 3.26. The predicted molar refractivity (Wildman–Crippen MR) is 94.9 cm³/mol. The quantitative estimate of drug-likeness (QED) is 0.618. The maximum absolute atomic E-state index is 12.3. The number of hydrogen-bond acceptors (Lipinski definition) is 4. The Morgan fingerprint density at radius 2 is 1.76 bits per heavy atom. The van der Waals surface area contributed by atoms with E-state index in [0.29, 0.717) is 17.1 Å². The van der Waals surface area contributed by atoms with Gasteiger partial charge in [-0.1, -0.05) is 59.8 Å². The van der Waals surface area contributed by atoms with E-state index in [2.05, 4.69) is 15.5 Å². The highest BCUT2D eigenvalue weighted by Crippen LogP contribution is 2.19. The number of nitrogens with zero attached hydrogens (tertiary/aromatic N) is 2. The first-order chi connectivity index (χ1) is 12.3. The van der Waals surface area contributed by atoms with Gasteiger partial charge in [0.05, 0.1) is 12.1 Å². The highest BCUT2D eigenvalue weighted by atomic mass is 16.5. The van der Waals surface area contributed by atoms with Crippen LogP contribution >= 0.6 is 0 Å². The first-order valence-electron chi connectivity index (χ1n) is 7.94. The fourth-order valence-electron chi connectivity index (χ4n) is 2.59. The van der Waals surface area contributed by atoms with Gasteiger partial charge in [0.15, 0.2) is 5.76 Å². The van der Waals surface area contributed by atoms with Gasteiger partial charge in [0.25, 0.3) is 5.91 Å². The summed E-state index contributed by atoms with van der Waals surface area (Å²) in [5, 5.41) is 7.82. The normalized spacial score (nSPS) is 10.7. The van der Waals surface area contributed by atoms with Crippen molar-refractivity contribution in [2.75, 3.05) is 0 Å². The molecule has 1 amide bonds. The zero-order valence-electron chi connectivity index (χ0n) is 13.3. The monoisotopic (exact) mass is 329 g/mol. The molecule has 2 aromatic carbocycles. The summed E-state index contributed by atoms with van der Waals surface area (Å²) < 4.78 is 5.33. The van der Waals surface area contributed by atoms with Crippen molar-refractivity contribution in [2.45, 2.75) is 6.54 Å². The lowest BCUT2D eigenvalue weighted by atomic mass is 10.1. The minimum absolute atomic E-state index is 0.241. The van der Waals surface area contributed by atoms with Crippen LogP contribution < -0.4 is 5.32 Å². The number of benzene rings is 2. The minimum atomic E-state index is -0.241. The molecule has 0 spiro atoms. The summed E-state index contributed by atoms with van der Waals surface area (Å²) in [6.45, 7) is 0.281. The fraction of sp³-hybridized carbons (Fsp3) is 0.0500. The lowest BCUT2D eigenvalue weighted by molar-refractivity contribution is 0.0945. The molecule has 0 aliphatic carbocycles. The molecule has 25 heavy (non-hydrogen) atoms. The van der Waals surface area contributed by atoms with Gasteiger partial charge in [0, 0.05) is 17.0 Å². The molecule has 5 nitrogen and oxygen atoms in total. The van der Waals surface area contributed by atoms with Gasteiger partial charge in [-0.2, -0.15) is 0 Å². The highest BCUT2D eigenvalue weighted by Gasteiger charge is 2.10. The van der Waals surface area contributed by atoms with E-state index >= 15 is 0 Å². The summed E-state index contributed by atoms with van der Waals surface area (Å²) in [5.41, 5.74) is 2.78. The SMILES string of the molecule is O=C(NCc1cc(-c2ccccc2)on1)c1ccc2ccccc2n1. The maximum atomic E-state index is 12.3. The van der Waals surface area contributed by atoms with E-state index in [0.717, 1.165) is 16.5 Å². The molecule has 0 aliphatic rings. The van der Waals surface area contributed by atoms with Gasteiger partial charge < -0.3 is 9.84 Å². The van der Waals surface area contributed by atoms with Crippen molar-refractivity contribution in [1.82, 2.24) is 15.5 Å². The Balaban J connectivity index is 1.45. The lowest BCUT2D eigenvalue weighted by Crippen LogP contribution is -2.23. The van der Waals surface area contributed by atoms with Crippen LogP contribution in [0.2, 0.25) is 0 Å². The number of amides is 1. The Labute approximate surface area is 144 Å². The molecule has 5 heteroatoms. The maximum Gasteiger partial charge on any atom is 0.270 e. The average molecular weight is 329 g/mol. The Bertz CT molecular complexity index is 1030. The van der Waals surface area contributed by atoms with E-state index < -0.39 is 0 Å². The standard InChI is InChI=1S/C20H15N3O2/c24-20(18-11-10-14-6-4-5-9-17(14)22-18)21-13-16-12-19(25-23-16)15-7-2-1-3-8-15/h1-12H,13H2,(H,21,24). The van der Waals surface area contributed by atoms with Crippen LogP contribution in [0.4, 0.5) is 0 Å². The average Bonchev–Trinajstić information content (AvgIpc) is 3.15. The number of para-hydroxylation sites is 1. The number of rotatable bonds is 4. The number of aromatic nitrogens is 2. The summed E-state index contributed by atoms with van der Waals surface area (Å²) in [4.78, 5) is 16.7. The van der Waals surface area contributed by atoms with Crippen LogP contribution in [0.25, 0.3) is 22.2 Å². The topological polar surface area (TPSA) is 68.0 Å². The van der Waals surface area contributed by atoms with Crippen LogP contribution in [0, 0.1) is 0 Å².